The molecular weight excluding hydrogens is 262 g/mol. The second kappa shape index (κ2) is 7.04. The molecule has 0 bridgehead atoms. The van der Waals surface area contributed by atoms with E-state index in [9.17, 15) is 14.9 Å². The molecule has 1 heterocycles. The van der Waals surface area contributed by atoms with Crippen molar-refractivity contribution in [3.63, 3.8) is 0 Å². The van der Waals surface area contributed by atoms with E-state index < -0.39 is 4.92 Å². The van der Waals surface area contributed by atoms with Gasteiger partial charge in [0.25, 0.3) is 0 Å². The summed E-state index contributed by atoms with van der Waals surface area (Å²) in [5.74, 6) is -0.190. The lowest BCUT2D eigenvalue weighted by Crippen LogP contribution is -2.35. The number of likely N-dealkylation sites (N-methyl/N-ethyl adjacent to an activating group) is 1. The predicted octanol–water partition coefficient (Wildman–Crippen LogP) is 1.14. The lowest BCUT2D eigenvalue weighted by atomic mass is 10.2. The van der Waals surface area contributed by atoms with Crippen molar-refractivity contribution >= 4 is 17.4 Å². The number of nitrogens with zero attached hydrogens (tertiary/aromatic N) is 4. The van der Waals surface area contributed by atoms with Crippen LogP contribution in [0, 0.1) is 21.4 Å². The van der Waals surface area contributed by atoms with Crippen LogP contribution >= 0.6 is 0 Å². The van der Waals surface area contributed by atoms with Crippen molar-refractivity contribution in [3.8, 4) is 6.07 Å². The number of carbonyl (C=O) groups excluding carboxylic acids is 1. The topological polar surface area (TPSA) is 112 Å². The van der Waals surface area contributed by atoms with Crippen molar-refractivity contribution in [1.82, 2.24) is 9.88 Å². The number of rotatable bonds is 6. The lowest BCUT2D eigenvalue weighted by Gasteiger charge is -2.18. The van der Waals surface area contributed by atoms with Gasteiger partial charge in [-0.15, -0.1) is 0 Å². The zero-order valence-corrected chi connectivity index (χ0v) is 11.3. The molecule has 0 radical (unpaired) electrons. The summed E-state index contributed by atoms with van der Waals surface area (Å²) in [7, 11) is 0. The van der Waals surface area contributed by atoms with Gasteiger partial charge in [-0.2, -0.15) is 5.26 Å². The van der Waals surface area contributed by atoms with Gasteiger partial charge in [0.2, 0.25) is 11.7 Å². The fourth-order valence-corrected chi connectivity index (χ4v) is 1.64. The highest BCUT2D eigenvalue weighted by Gasteiger charge is 2.18. The lowest BCUT2D eigenvalue weighted by molar-refractivity contribution is -0.384. The average molecular weight is 277 g/mol. The number of pyridine rings is 1. The van der Waals surface area contributed by atoms with Crippen LogP contribution in [0.5, 0.6) is 0 Å². The number of carbonyl (C=O) groups is 1. The number of anilines is 1. The van der Waals surface area contributed by atoms with Gasteiger partial charge in [0.15, 0.2) is 0 Å². The third-order valence-corrected chi connectivity index (χ3v) is 2.72. The number of nitriles is 1. The second-order valence-corrected chi connectivity index (χ2v) is 3.88. The first-order valence-corrected chi connectivity index (χ1v) is 6.09. The zero-order chi connectivity index (χ0) is 15.1. The van der Waals surface area contributed by atoms with E-state index in [2.05, 4.69) is 10.3 Å². The predicted molar refractivity (Wildman–Crippen MR) is 72.0 cm³/mol. The Balaban J connectivity index is 2.85. The normalized spacial score (nSPS) is 9.65. The molecule has 0 unspecified atom stereocenters. The van der Waals surface area contributed by atoms with E-state index in [-0.39, 0.29) is 29.5 Å². The maximum absolute atomic E-state index is 11.8. The Kier molecular flexibility index (Phi) is 5.41. The third-order valence-electron chi connectivity index (χ3n) is 2.72. The quantitative estimate of drug-likeness (QED) is 0.616. The Morgan fingerprint density at radius 1 is 1.55 bits per heavy atom. The van der Waals surface area contributed by atoms with E-state index in [1.54, 1.807) is 11.0 Å². The van der Waals surface area contributed by atoms with Crippen LogP contribution < -0.4 is 5.32 Å². The van der Waals surface area contributed by atoms with Crippen LogP contribution in [0.25, 0.3) is 0 Å². The fraction of sp³-hybridized carbons (Fsp3) is 0.417. The van der Waals surface area contributed by atoms with Crippen LogP contribution in [-0.2, 0) is 4.79 Å². The van der Waals surface area contributed by atoms with E-state index in [0.29, 0.717) is 13.1 Å². The number of amides is 1. The van der Waals surface area contributed by atoms with Crippen molar-refractivity contribution in [2.45, 2.75) is 13.8 Å². The third kappa shape index (κ3) is 3.65. The molecule has 0 saturated carbocycles. The number of aromatic nitrogens is 1. The number of nitro groups is 1. The molecule has 20 heavy (non-hydrogen) atoms. The van der Waals surface area contributed by atoms with Gasteiger partial charge in [0, 0.05) is 25.4 Å². The summed E-state index contributed by atoms with van der Waals surface area (Å²) in [4.78, 5) is 27.5. The summed E-state index contributed by atoms with van der Waals surface area (Å²) in [5, 5.41) is 22.2. The fourth-order valence-electron chi connectivity index (χ4n) is 1.64. The highest BCUT2D eigenvalue weighted by Crippen LogP contribution is 2.22. The largest absolute Gasteiger partial charge is 0.355 e. The Morgan fingerprint density at radius 2 is 2.20 bits per heavy atom. The Hall–Kier alpha value is -2.69. The maximum Gasteiger partial charge on any atom is 0.312 e. The second-order valence-electron chi connectivity index (χ2n) is 3.88. The first-order valence-electron chi connectivity index (χ1n) is 6.09. The minimum atomic E-state index is -0.641. The zero-order valence-electron chi connectivity index (χ0n) is 11.3. The molecule has 1 aromatic heterocycles. The number of hydrogen-bond donors (Lipinski definition) is 1. The molecule has 0 aromatic carbocycles. The van der Waals surface area contributed by atoms with E-state index in [0.717, 1.165) is 6.07 Å². The van der Waals surface area contributed by atoms with Crippen molar-refractivity contribution < 1.29 is 9.72 Å². The summed E-state index contributed by atoms with van der Waals surface area (Å²) >= 11 is 0. The molecule has 0 saturated heterocycles. The highest BCUT2D eigenvalue weighted by molar-refractivity contribution is 5.81. The van der Waals surface area contributed by atoms with Gasteiger partial charge in [0.05, 0.1) is 17.0 Å². The van der Waals surface area contributed by atoms with E-state index in [1.165, 1.54) is 6.20 Å². The summed E-state index contributed by atoms with van der Waals surface area (Å²) in [6.07, 6.45) is 1.22. The molecule has 0 spiro atoms. The molecule has 0 atom stereocenters. The smallest absolute Gasteiger partial charge is 0.312 e. The molecule has 0 aliphatic rings. The van der Waals surface area contributed by atoms with Crippen LogP contribution in [-0.4, -0.2) is 40.3 Å². The number of nitrogens with one attached hydrogen (secondary N) is 1. The van der Waals surface area contributed by atoms with Gasteiger partial charge in [-0.05, 0) is 13.8 Å². The van der Waals surface area contributed by atoms with Gasteiger partial charge in [-0.25, -0.2) is 4.98 Å². The van der Waals surface area contributed by atoms with Gasteiger partial charge in [0.1, 0.15) is 6.07 Å². The Bertz CT molecular complexity index is 549. The Morgan fingerprint density at radius 3 is 2.70 bits per heavy atom. The minimum absolute atomic E-state index is 0.0190. The molecule has 1 amide bonds. The maximum atomic E-state index is 11.8. The van der Waals surface area contributed by atoms with Crippen LogP contribution in [0.4, 0.5) is 11.5 Å². The molecule has 106 valence electrons. The summed E-state index contributed by atoms with van der Waals surface area (Å²) in [6, 6.07) is 2.90. The van der Waals surface area contributed by atoms with Crippen LogP contribution in [0.1, 0.15) is 19.4 Å². The first-order chi connectivity index (χ1) is 9.53. The first kappa shape index (κ1) is 15.4. The van der Waals surface area contributed by atoms with E-state index in [1.807, 2.05) is 13.8 Å². The highest BCUT2D eigenvalue weighted by atomic mass is 16.6. The molecule has 0 aliphatic carbocycles. The van der Waals surface area contributed by atoms with E-state index >= 15 is 0 Å². The Labute approximate surface area is 116 Å². The molecule has 1 N–H and O–H groups in total. The molecule has 8 heteroatoms. The van der Waals surface area contributed by atoms with E-state index in [4.69, 9.17) is 5.26 Å². The van der Waals surface area contributed by atoms with Gasteiger partial charge in [-0.1, -0.05) is 0 Å². The number of hydrogen-bond acceptors (Lipinski definition) is 6. The molecule has 0 aliphatic heterocycles. The summed E-state index contributed by atoms with van der Waals surface area (Å²) in [5.41, 5.74) is -0.228. The molecule has 0 fully saturated rings. The monoisotopic (exact) mass is 277 g/mol. The van der Waals surface area contributed by atoms with Crippen LogP contribution in [0.3, 0.4) is 0 Å². The molecule has 1 rings (SSSR count). The van der Waals surface area contributed by atoms with Crippen molar-refractivity contribution in [1.29, 1.82) is 5.26 Å². The molecular formula is C12H15N5O3. The summed E-state index contributed by atoms with van der Waals surface area (Å²) < 4.78 is 0. The van der Waals surface area contributed by atoms with Gasteiger partial charge < -0.3 is 10.2 Å². The van der Waals surface area contributed by atoms with Crippen molar-refractivity contribution in [2.24, 2.45) is 0 Å². The van der Waals surface area contributed by atoms with Crippen LogP contribution in [0.2, 0.25) is 0 Å². The van der Waals surface area contributed by atoms with Gasteiger partial charge >= 0.3 is 5.69 Å². The average Bonchev–Trinajstić information content (AvgIpc) is 2.46. The SMILES string of the molecule is CCN(CC)C(=O)CNc1ncc(C#N)cc1[N+](=O)[O-]. The molecule has 8 nitrogen and oxygen atoms in total. The standard InChI is InChI=1S/C12H15N5O3/c1-3-16(4-2)11(18)8-15-12-10(17(19)20)5-9(6-13)7-14-12/h5,7H,3-4,8H2,1-2H3,(H,14,15). The summed E-state index contributed by atoms with van der Waals surface area (Å²) in [6.45, 7) is 4.76. The van der Waals surface area contributed by atoms with Crippen molar-refractivity contribution in [3.05, 3.63) is 27.9 Å². The van der Waals surface area contributed by atoms with Gasteiger partial charge in [-0.3, -0.25) is 14.9 Å². The van der Waals surface area contributed by atoms with Crippen LogP contribution in [0.15, 0.2) is 12.3 Å². The van der Waals surface area contributed by atoms with Crippen molar-refractivity contribution in [2.75, 3.05) is 25.0 Å². The minimum Gasteiger partial charge on any atom is -0.355 e. The molecule has 1 aromatic rings.